The van der Waals surface area contributed by atoms with Crippen molar-refractivity contribution in [2.45, 2.75) is 31.7 Å². The van der Waals surface area contributed by atoms with E-state index in [0.717, 1.165) is 19.3 Å². The van der Waals surface area contributed by atoms with Gasteiger partial charge in [-0.25, -0.2) is 5.84 Å². The number of ether oxygens (including phenoxy) is 1. The number of nitrogen functional groups attached to an aromatic ring is 1. The summed E-state index contributed by atoms with van der Waals surface area (Å²) in [4.78, 5) is 12.2. The Labute approximate surface area is 105 Å². The van der Waals surface area contributed by atoms with Crippen molar-refractivity contribution in [3.05, 3.63) is 0 Å². The maximum absolute atomic E-state index is 9.25. The van der Waals surface area contributed by atoms with Gasteiger partial charge in [-0.05, 0) is 19.3 Å². The van der Waals surface area contributed by atoms with Gasteiger partial charge in [0.25, 0.3) is 0 Å². The summed E-state index contributed by atoms with van der Waals surface area (Å²) in [6, 6.07) is 0.219. The van der Waals surface area contributed by atoms with Gasteiger partial charge in [0.1, 0.15) is 0 Å². The van der Waals surface area contributed by atoms with Crippen LogP contribution in [0, 0.1) is 0 Å². The molecule has 0 unspecified atom stereocenters. The summed E-state index contributed by atoms with van der Waals surface area (Å²) in [7, 11) is 0. The lowest BCUT2D eigenvalue weighted by atomic mass is 10.3. The molecule has 0 aromatic carbocycles. The molecule has 0 atom stereocenters. The van der Waals surface area contributed by atoms with Crippen LogP contribution in [-0.4, -0.2) is 38.8 Å². The third-order valence-corrected chi connectivity index (χ3v) is 2.71. The average Bonchev–Trinajstić information content (AvgIpc) is 3.16. The van der Waals surface area contributed by atoms with E-state index in [0.29, 0.717) is 12.6 Å². The normalized spacial score (nSPS) is 16.2. The Bertz CT molecular complexity index is 409. The minimum atomic E-state index is -0.296. The van der Waals surface area contributed by atoms with E-state index in [1.807, 2.05) is 6.92 Å². The number of rotatable bonds is 7. The molecule has 0 amide bonds. The number of hydrazine groups is 1. The van der Waals surface area contributed by atoms with Gasteiger partial charge in [-0.3, -0.25) is 5.43 Å². The van der Waals surface area contributed by atoms with Gasteiger partial charge in [-0.2, -0.15) is 15.0 Å². The van der Waals surface area contributed by atoms with Crippen molar-refractivity contribution in [3.8, 4) is 6.01 Å². The number of nitrogens with two attached hydrogens (primary N) is 1. The number of nitrogens with zero attached hydrogens (tertiary/aromatic N) is 3. The van der Waals surface area contributed by atoms with Crippen molar-refractivity contribution in [1.29, 1.82) is 0 Å². The lowest BCUT2D eigenvalue weighted by molar-refractivity contribution is 0.265. The Morgan fingerprint density at radius 3 is 2.61 bits per heavy atom. The van der Waals surface area contributed by atoms with Gasteiger partial charge in [0, 0.05) is 0 Å². The van der Waals surface area contributed by atoms with Crippen LogP contribution >= 0.6 is 0 Å². The molecule has 18 heavy (non-hydrogen) atoms. The molecule has 0 bridgehead atoms. The van der Waals surface area contributed by atoms with Gasteiger partial charge in [0.2, 0.25) is 11.9 Å². The molecule has 0 spiro atoms. The lowest BCUT2D eigenvalue weighted by Crippen LogP contribution is -2.27. The number of aromatic nitrogens is 3. The predicted molar refractivity (Wildman–Crippen MR) is 66.1 cm³/mol. The van der Waals surface area contributed by atoms with Crippen LogP contribution in [0.15, 0.2) is 0 Å². The molecule has 1 aliphatic rings. The molecule has 8 nitrogen and oxygen atoms in total. The van der Waals surface area contributed by atoms with E-state index in [1.54, 1.807) is 0 Å². The molecule has 1 heterocycles. The van der Waals surface area contributed by atoms with Crippen molar-refractivity contribution in [1.82, 2.24) is 15.0 Å². The van der Waals surface area contributed by atoms with Crippen LogP contribution in [0.1, 0.15) is 26.2 Å². The minimum Gasteiger partial charge on any atom is -0.463 e. The Kier molecular flexibility index (Phi) is 3.78. The van der Waals surface area contributed by atoms with E-state index in [-0.39, 0.29) is 24.1 Å². The van der Waals surface area contributed by atoms with E-state index in [2.05, 4.69) is 25.7 Å². The molecular weight excluding hydrogens is 236 g/mol. The van der Waals surface area contributed by atoms with Gasteiger partial charge in [-0.15, -0.1) is 0 Å². The fourth-order valence-electron chi connectivity index (χ4n) is 1.45. The highest BCUT2D eigenvalue weighted by atomic mass is 16.5. The Hall–Kier alpha value is -1.67. The molecule has 1 aromatic rings. The Morgan fingerprint density at radius 2 is 2.06 bits per heavy atom. The molecule has 1 aliphatic carbocycles. The molecule has 0 saturated heterocycles. The van der Waals surface area contributed by atoms with Gasteiger partial charge < -0.3 is 15.2 Å². The molecular formula is C10H18N6O2. The zero-order chi connectivity index (χ0) is 13.0. The highest BCUT2D eigenvalue weighted by Crippen LogP contribution is 2.37. The summed E-state index contributed by atoms with van der Waals surface area (Å²) in [5.41, 5.74) is 2.07. The van der Waals surface area contributed by atoms with Crippen molar-refractivity contribution >= 4 is 11.9 Å². The SMILES string of the molecule is CCCOc1nc(NN)nc(NC2(CO)CC2)n1. The van der Waals surface area contributed by atoms with Crippen molar-refractivity contribution < 1.29 is 9.84 Å². The maximum Gasteiger partial charge on any atom is 0.323 e. The topological polar surface area (TPSA) is 118 Å². The standard InChI is InChI=1S/C10H18N6O2/c1-2-5-18-9-13-7(12-8(14-9)16-11)15-10(6-17)3-4-10/h17H,2-6,11H2,1H3,(H2,12,13,14,15,16). The van der Waals surface area contributed by atoms with Gasteiger partial charge >= 0.3 is 6.01 Å². The third-order valence-electron chi connectivity index (χ3n) is 2.71. The van der Waals surface area contributed by atoms with E-state index < -0.39 is 0 Å². The highest BCUT2D eigenvalue weighted by molar-refractivity contribution is 5.39. The Balaban J connectivity index is 2.12. The van der Waals surface area contributed by atoms with Crippen LogP contribution in [0.2, 0.25) is 0 Å². The van der Waals surface area contributed by atoms with E-state index in [1.165, 1.54) is 0 Å². The van der Waals surface area contributed by atoms with Gasteiger partial charge in [-0.1, -0.05) is 6.92 Å². The second-order valence-corrected chi connectivity index (χ2v) is 4.32. The number of nitrogens with one attached hydrogen (secondary N) is 2. The summed E-state index contributed by atoms with van der Waals surface area (Å²) in [6.07, 6.45) is 2.65. The van der Waals surface area contributed by atoms with Crippen LogP contribution < -0.4 is 21.3 Å². The predicted octanol–water partition coefficient (Wildman–Crippen LogP) is -0.117. The second-order valence-electron chi connectivity index (χ2n) is 4.32. The largest absolute Gasteiger partial charge is 0.463 e. The zero-order valence-electron chi connectivity index (χ0n) is 10.3. The summed E-state index contributed by atoms with van der Waals surface area (Å²) in [5, 5.41) is 12.3. The van der Waals surface area contributed by atoms with Crippen LogP contribution in [0.5, 0.6) is 6.01 Å². The van der Waals surface area contributed by atoms with E-state index in [4.69, 9.17) is 10.6 Å². The van der Waals surface area contributed by atoms with E-state index >= 15 is 0 Å². The zero-order valence-corrected chi connectivity index (χ0v) is 10.3. The first kappa shape index (κ1) is 12.8. The van der Waals surface area contributed by atoms with E-state index in [9.17, 15) is 5.11 Å². The number of aliphatic hydroxyl groups is 1. The number of hydrogen-bond acceptors (Lipinski definition) is 8. The molecule has 2 rings (SSSR count). The molecule has 100 valence electrons. The fraction of sp³-hybridized carbons (Fsp3) is 0.700. The minimum absolute atomic E-state index is 0.0508. The van der Waals surface area contributed by atoms with Crippen LogP contribution in [0.3, 0.4) is 0 Å². The molecule has 1 saturated carbocycles. The smallest absolute Gasteiger partial charge is 0.323 e. The Morgan fingerprint density at radius 1 is 1.33 bits per heavy atom. The van der Waals surface area contributed by atoms with Crippen molar-refractivity contribution in [2.75, 3.05) is 24.0 Å². The fourth-order valence-corrected chi connectivity index (χ4v) is 1.45. The molecule has 1 fully saturated rings. The van der Waals surface area contributed by atoms with Gasteiger partial charge in [0.05, 0.1) is 18.8 Å². The first-order chi connectivity index (χ1) is 8.71. The third kappa shape index (κ3) is 2.96. The quantitative estimate of drug-likeness (QED) is 0.393. The first-order valence-electron chi connectivity index (χ1n) is 5.96. The van der Waals surface area contributed by atoms with Crippen LogP contribution in [0.25, 0.3) is 0 Å². The first-order valence-corrected chi connectivity index (χ1v) is 5.96. The highest BCUT2D eigenvalue weighted by Gasteiger charge is 2.42. The molecule has 8 heteroatoms. The number of anilines is 2. The molecule has 1 aromatic heterocycles. The van der Waals surface area contributed by atoms with Gasteiger partial charge in [0.15, 0.2) is 0 Å². The summed E-state index contributed by atoms with van der Waals surface area (Å²) in [6.45, 7) is 2.57. The second kappa shape index (κ2) is 5.32. The van der Waals surface area contributed by atoms with Crippen molar-refractivity contribution in [3.63, 3.8) is 0 Å². The van der Waals surface area contributed by atoms with Crippen molar-refractivity contribution in [2.24, 2.45) is 5.84 Å². The lowest BCUT2D eigenvalue weighted by Gasteiger charge is -2.15. The van der Waals surface area contributed by atoms with Crippen LogP contribution in [-0.2, 0) is 0 Å². The summed E-state index contributed by atoms with van der Waals surface area (Å²) in [5.74, 6) is 5.88. The molecule has 0 aliphatic heterocycles. The summed E-state index contributed by atoms with van der Waals surface area (Å²) >= 11 is 0. The monoisotopic (exact) mass is 254 g/mol. The number of aliphatic hydroxyl groups excluding tert-OH is 1. The number of hydrogen-bond donors (Lipinski definition) is 4. The average molecular weight is 254 g/mol. The maximum atomic E-state index is 9.25. The molecule has 5 N–H and O–H groups in total. The molecule has 0 radical (unpaired) electrons. The summed E-state index contributed by atoms with van der Waals surface area (Å²) < 4.78 is 5.35. The van der Waals surface area contributed by atoms with Crippen LogP contribution in [0.4, 0.5) is 11.9 Å².